The normalized spacial score (nSPS) is 11.0. The first-order chi connectivity index (χ1) is 11.2. The Labute approximate surface area is 132 Å². The van der Waals surface area contributed by atoms with Gasteiger partial charge in [-0.3, -0.25) is 10.1 Å². The summed E-state index contributed by atoms with van der Waals surface area (Å²) in [5.41, 5.74) is 16.7. The van der Waals surface area contributed by atoms with Gasteiger partial charge in [-0.2, -0.15) is 5.10 Å². The van der Waals surface area contributed by atoms with Crippen molar-refractivity contribution in [1.82, 2.24) is 20.2 Å². The minimum Gasteiger partial charge on any atom is -0.384 e. The van der Waals surface area contributed by atoms with E-state index in [1.54, 1.807) is 12.4 Å². The van der Waals surface area contributed by atoms with Gasteiger partial charge < -0.3 is 11.5 Å². The molecule has 23 heavy (non-hydrogen) atoms. The Balaban J connectivity index is 2.02. The first kappa shape index (κ1) is 13.3. The minimum absolute atomic E-state index is 0.467. The van der Waals surface area contributed by atoms with E-state index in [1.165, 1.54) is 0 Å². The lowest BCUT2D eigenvalue weighted by Gasteiger charge is -2.08. The summed E-state index contributed by atoms with van der Waals surface area (Å²) in [6, 6.07) is 11.7. The number of nitrogens with zero attached hydrogens (tertiary/aromatic N) is 3. The van der Waals surface area contributed by atoms with E-state index in [1.807, 2.05) is 36.5 Å². The Hall–Kier alpha value is -3.41. The van der Waals surface area contributed by atoms with Gasteiger partial charge in [0.2, 0.25) is 0 Å². The fourth-order valence-electron chi connectivity index (χ4n) is 2.69. The van der Waals surface area contributed by atoms with E-state index < -0.39 is 0 Å². The zero-order valence-corrected chi connectivity index (χ0v) is 12.2. The fraction of sp³-hybridized carbons (Fsp3) is 0. The van der Waals surface area contributed by atoms with E-state index in [-0.39, 0.29) is 0 Å². The highest BCUT2D eigenvalue weighted by Crippen LogP contribution is 2.34. The molecular formula is C17H14N6. The Kier molecular flexibility index (Phi) is 2.94. The number of pyridine rings is 2. The number of nitrogens with one attached hydrogen (secondary N) is 1. The van der Waals surface area contributed by atoms with E-state index >= 15 is 0 Å². The first-order valence-corrected chi connectivity index (χ1v) is 7.12. The second kappa shape index (κ2) is 5.10. The molecule has 0 spiro atoms. The molecule has 4 rings (SSSR count). The Morgan fingerprint density at radius 2 is 1.83 bits per heavy atom. The standard InChI is InChI=1S/C17H14N6/c18-15-8-10(3-5-21-15)12-6-13(11-2-1-4-20-9-11)16-14(7-12)17(19)23-22-16/h1-9H,(H2,18,21)(H3,19,22,23). The van der Waals surface area contributed by atoms with Crippen molar-refractivity contribution in [2.24, 2.45) is 0 Å². The summed E-state index contributed by atoms with van der Waals surface area (Å²) >= 11 is 0. The predicted molar refractivity (Wildman–Crippen MR) is 91.4 cm³/mol. The SMILES string of the molecule is Nc1cc(-c2cc(-c3cccnc3)c3[nH]nc(N)c3c2)ccn1. The maximum atomic E-state index is 6.01. The number of nitrogen functional groups attached to an aromatic ring is 2. The molecule has 5 N–H and O–H groups in total. The van der Waals surface area contributed by atoms with Crippen LogP contribution in [0.1, 0.15) is 0 Å². The fourth-order valence-corrected chi connectivity index (χ4v) is 2.69. The van der Waals surface area contributed by atoms with Gasteiger partial charge in [0.05, 0.1) is 5.52 Å². The van der Waals surface area contributed by atoms with E-state index in [4.69, 9.17) is 11.5 Å². The smallest absolute Gasteiger partial charge is 0.153 e. The van der Waals surface area contributed by atoms with Crippen LogP contribution in [0.5, 0.6) is 0 Å². The number of hydrogen-bond donors (Lipinski definition) is 3. The van der Waals surface area contributed by atoms with E-state index in [0.29, 0.717) is 11.6 Å². The van der Waals surface area contributed by atoms with Gasteiger partial charge in [0.25, 0.3) is 0 Å². The van der Waals surface area contributed by atoms with Crippen molar-refractivity contribution in [2.75, 3.05) is 11.5 Å². The molecule has 4 aromatic rings. The molecule has 6 heteroatoms. The molecule has 6 nitrogen and oxygen atoms in total. The average molecular weight is 302 g/mol. The Bertz CT molecular complexity index is 991. The number of nitrogens with two attached hydrogens (primary N) is 2. The zero-order chi connectivity index (χ0) is 15.8. The van der Waals surface area contributed by atoms with Crippen molar-refractivity contribution in [3.8, 4) is 22.3 Å². The van der Waals surface area contributed by atoms with Gasteiger partial charge >= 0.3 is 0 Å². The van der Waals surface area contributed by atoms with Crippen molar-refractivity contribution >= 4 is 22.5 Å². The summed E-state index contributed by atoms with van der Waals surface area (Å²) in [5, 5.41) is 8.01. The lowest BCUT2D eigenvalue weighted by atomic mass is 9.97. The summed E-state index contributed by atoms with van der Waals surface area (Å²) in [4.78, 5) is 8.24. The minimum atomic E-state index is 0.467. The molecule has 0 fully saturated rings. The van der Waals surface area contributed by atoms with Crippen LogP contribution in [0, 0.1) is 0 Å². The van der Waals surface area contributed by atoms with Crippen LogP contribution in [0.25, 0.3) is 33.2 Å². The van der Waals surface area contributed by atoms with E-state index in [0.717, 1.165) is 33.2 Å². The van der Waals surface area contributed by atoms with Gasteiger partial charge in [-0.1, -0.05) is 6.07 Å². The molecule has 0 saturated carbocycles. The van der Waals surface area contributed by atoms with Crippen LogP contribution in [0.15, 0.2) is 55.0 Å². The Morgan fingerprint density at radius 1 is 0.913 bits per heavy atom. The molecule has 0 aliphatic rings. The zero-order valence-electron chi connectivity index (χ0n) is 12.2. The molecule has 0 unspecified atom stereocenters. The van der Waals surface area contributed by atoms with Crippen LogP contribution in [-0.2, 0) is 0 Å². The van der Waals surface area contributed by atoms with Crippen molar-refractivity contribution in [1.29, 1.82) is 0 Å². The third-order valence-corrected chi connectivity index (χ3v) is 3.79. The molecule has 1 aromatic carbocycles. The average Bonchev–Trinajstić information content (AvgIpc) is 2.96. The summed E-state index contributed by atoms with van der Waals surface area (Å²) in [5.74, 6) is 0.944. The van der Waals surface area contributed by atoms with Gasteiger partial charge in [-0.05, 0) is 41.5 Å². The number of aromatic amines is 1. The Morgan fingerprint density at radius 3 is 2.61 bits per heavy atom. The number of hydrogen-bond acceptors (Lipinski definition) is 5. The summed E-state index contributed by atoms with van der Waals surface area (Å²) in [6.45, 7) is 0. The highest BCUT2D eigenvalue weighted by Gasteiger charge is 2.12. The van der Waals surface area contributed by atoms with E-state index in [9.17, 15) is 0 Å². The molecule has 3 heterocycles. The van der Waals surface area contributed by atoms with Crippen molar-refractivity contribution in [3.05, 3.63) is 55.0 Å². The molecule has 0 aliphatic carbocycles. The van der Waals surface area contributed by atoms with Crippen molar-refractivity contribution < 1.29 is 0 Å². The lowest BCUT2D eigenvalue weighted by Crippen LogP contribution is -1.91. The van der Waals surface area contributed by atoms with E-state index in [2.05, 4.69) is 26.2 Å². The van der Waals surface area contributed by atoms with Gasteiger partial charge in [-0.25, -0.2) is 4.98 Å². The first-order valence-electron chi connectivity index (χ1n) is 7.12. The molecule has 0 amide bonds. The van der Waals surface area contributed by atoms with Crippen LogP contribution in [0.4, 0.5) is 11.6 Å². The summed E-state index contributed by atoms with van der Waals surface area (Å²) in [7, 11) is 0. The quantitative estimate of drug-likeness (QED) is 0.528. The van der Waals surface area contributed by atoms with Gasteiger partial charge in [-0.15, -0.1) is 0 Å². The number of rotatable bonds is 2. The second-order valence-electron chi connectivity index (χ2n) is 5.27. The topological polar surface area (TPSA) is 106 Å². The van der Waals surface area contributed by atoms with Crippen molar-refractivity contribution in [3.63, 3.8) is 0 Å². The van der Waals surface area contributed by atoms with Gasteiger partial charge in [0.15, 0.2) is 5.82 Å². The predicted octanol–water partition coefficient (Wildman–Crippen LogP) is 2.85. The number of anilines is 2. The second-order valence-corrected chi connectivity index (χ2v) is 5.27. The van der Waals surface area contributed by atoms with Crippen LogP contribution >= 0.6 is 0 Å². The van der Waals surface area contributed by atoms with Crippen LogP contribution < -0.4 is 11.5 Å². The highest BCUT2D eigenvalue weighted by molar-refractivity contribution is 6.02. The monoisotopic (exact) mass is 302 g/mol. The van der Waals surface area contributed by atoms with Crippen LogP contribution in [0.3, 0.4) is 0 Å². The molecule has 0 atom stereocenters. The van der Waals surface area contributed by atoms with Gasteiger partial charge in [0.1, 0.15) is 5.82 Å². The molecule has 0 radical (unpaired) electrons. The van der Waals surface area contributed by atoms with Crippen LogP contribution in [-0.4, -0.2) is 20.2 Å². The van der Waals surface area contributed by atoms with Crippen molar-refractivity contribution in [2.45, 2.75) is 0 Å². The molecule has 0 aliphatic heterocycles. The number of H-pyrrole nitrogens is 1. The number of fused-ring (bicyclic) bond motifs is 1. The molecule has 0 saturated heterocycles. The maximum Gasteiger partial charge on any atom is 0.153 e. The number of aromatic nitrogens is 4. The van der Waals surface area contributed by atoms with Crippen LogP contribution in [0.2, 0.25) is 0 Å². The molecule has 0 bridgehead atoms. The largest absolute Gasteiger partial charge is 0.384 e. The molecular weight excluding hydrogens is 288 g/mol. The third-order valence-electron chi connectivity index (χ3n) is 3.79. The highest BCUT2D eigenvalue weighted by atomic mass is 15.2. The third kappa shape index (κ3) is 2.26. The molecule has 3 aromatic heterocycles. The summed E-state index contributed by atoms with van der Waals surface area (Å²) in [6.07, 6.45) is 5.25. The summed E-state index contributed by atoms with van der Waals surface area (Å²) < 4.78 is 0. The number of benzene rings is 1. The lowest BCUT2D eigenvalue weighted by molar-refractivity contribution is 1.13. The maximum absolute atomic E-state index is 6.01. The van der Waals surface area contributed by atoms with Gasteiger partial charge in [0, 0.05) is 35.1 Å². The molecule has 112 valence electrons.